The van der Waals surface area contributed by atoms with E-state index in [1.807, 2.05) is 12.1 Å². The van der Waals surface area contributed by atoms with Crippen LogP contribution in [0.25, 0.3) is 6.08 Å². The Balaban J connectivity index is 0.000000413. The molecule has 0 unspecified atom stereocenters. The zero-order valence-corrected chi connectivity index (χ0v) is 16.5. The molecule has 2 aromatic heterocycles. The van der Waals surface area contributed by atoms with Gasteiger partial charge in [0.25, 0.3) is 0 Å². The van der Waals surface area contributed by atoms with E-state index in [0.29, 0.717) is 17.3 Å². The fourth-order valence-electron chi connectivity index (χ4n) is 1.29. The van der Waals surface area contributed by atoms with E-state index in [1.165, 1.54) is 20.3 Å². The Morgan fingerprint density at radius 3 is 1.93 bits per heavy atom. The van der Waals surface area contributed by atoms with Crippen molar-refractivity contribution in [1.82, 2.24) is 9.97 Å². The van der Waals surface area contributed by atoms with Gasteiger partial charge >= 0.3 is 11.9 Å². The summed E-state index contributed by atoms with van der Waals surface area (Å²) in [5, 5.41) is 0. The number of ether oxygens (including phenoxy) is 2. The van der Waals surface area contributed by atoms with Crippen LogP contribution in [0.3, 0.4) is 0 Å². The lowest BCUT2D eigenvalue weighted by atomic mass is 10.3. The molecule has 0 saturated heterocycles. The molecular weight excluding hydrogens is 416 g/mol. The minimum absolute atomic E-state index is 0.394. The molecule has 0 aliphatic carbocycles. The van der Waals surface area contributed by atoms with Gasteiger partial charge < -0.3 is 20.9 Å². The molecule has 2 aromatic rings. The van der Waals surface area contributed by atoms with E-state index >= 15 is 0 Å². The number of carbonyl (C=O) groups excluding carboxylic acids is 2. The summed E-state index contributed by atoms with van der Waals surface area (Å²) in [7, 11) is 2.63. The Morgan fingerprint density at radius 1 is 1.00 bits per heavy atom. The summed E-state index contributed by atoms with van der Waals surface area (Å²) in [6.45, 7) is 3.16. The molecule has 0 atom stereocenters. The standard InChI is InChI=1S/C9H10N2O2.C5H5BrN2.C4H6O2/c1-13-9(12)6-5-7-3-2-4-8(10)11-7;6-4-2-1-3-5(7)8-4;1-3-4(5)6-2/h2-6H,1H3,(H2,10,11);1-3H,(H2,7,8);3H,1H2,2H3/b6-5+;;. The molecule has 4 N–H and O–H groups in total. The minimum atomic E-state index is -0.413. The van der Waals surface area contributed by atoms with Crippen LogP contribution < -0.4 is 11.5 Å². The first-order valence-corrected chi connectivity index (χ1v) is 8.18. The number of nitrogen functional groups attached to an aromatic ring is 2. The number of pyridine rings is 2. The number of carbonyl (C=O) groups is 2. The van der Waals surface area contributed by atoms with Crippen LogP contribution in [0.5, 0.6) is 0 Å². The van der Waals surface area contributed by atoms with Gasteiger partial charge in [-0.3, -0.25) is 0 Å². The lowest BCUT2D eigenvalue weighted by molar-refractivity contribution is -0.135. The molecule has 0 saturated carbocycles. The number of hydrogen-bond acceptors (Lipinski definition) is 8. The maximum atomic E-state index is 10.7. The molecule has 0 bridgehead atoms. The molecule has 0 spiro atoms. The number of nitrogens with zero attached hydrogens (tertiary/aromatic N) is 2. The molecule has 9 heteroatoms. The first-order valence-electron chi connectivity index (χ1n) is 7.39. The average molecular weight is 437 g/mol. The number of rotatable bonds is 3. The quantitative estimate of drug-likeness (QED) is 0.426. The van der Waals surface area contributed by atoms with Crippen LogP contribution in [-0.2, 0) is 19.1 Å². The first kappa shape index (κ1) is 23.8. The Hall–Kier alpha value is -3.20. The molecule has 2 rings (SSSR count). The third-order valence-electron chi connectivity index (χ3n) is 2.49. The number of nitrogens with two attached hydrogens (primary N) is 2. The van der Waals surface area contributed by atoms with Gasteiger partial charge in [0.2, 0.25) is 0 Å². The summed E-state index contributed by atoms with van der Waals surface area (Å²) in [6.07, 6.45) is 3.95. The van der Waals surface area contributed by atoms with Crippen molar-refractivity contribution in [3.8, 4) is 0 Å². The smallest absolute Gasteiger partial charge is 0.330 e. The van der Waals surface area contributed by atoms with E-state index in [0.717, 1.165) is 10.7 Å². The van der Waals surface area contributed by atoms with Crippen molar-refractivity contribution < 1.29 is 19.1 Å². The molecule has 27 heavy (non-hydrogen) atoms. The highest BCUT2D eigenvalue weighted by molar-refractivity contribution is 9.10. The van der Waals surface area contributed by atoms with Crippen LogP contribution in [0.4, 0.5) is 11.6 Å². The Labute approximate surface area is 166 Å². The van der Waals surface area contributed by atoms with Crippen molar-refractivity contribution in [3.05, 3.63) is 65.4 Å². The molecule has 144 valence electrons. The normalized spacial score (nSPS) is 9.15. The molecule has 8 nitrogen and oxygen atoms in total. The van der Waals surface area contributed by atoms with Gasteiger partial charge in [0.1, 0.15) is 16.2 Å². The molecule has 0 amide bonds. The van der Waals surface area contributed by atoms with Crippen LogP contribution in [-0.4, -0.2) is 36.1 Å². The number of aromatic nitrogens is 2. The van der Waals surface area contributed by atoms with Gasteiger partial charge in [-0.1, -0.05) is 18.7 Å². The van der Waals surface area contributed by atoms with Crippen molar-refractivity contribution >= 4 is 45.6 Å². The van der Waals surface area contributed by atoms with Gasteiger partial charge in [0.05, 0.1) is 19.9 Å². The summed E-state index contributed by atoms with van der Waals surface area (Å²) in [6, 6.07) is 10.6. The Bertz CT molecular complexity index is 764. The zero-order chi connectivity index (χ0) is 20.7. The Kier molecular flexibility index (Phi) is 12.4. The third kappa shape index (κ3) is 12.8. The molecular formula is C18H21BrN4O4. The molecule has 0 aliphatic rings. The lowest BCUT2D eigenvalue weighted by Gasteiger charge is -1.94. The van der Waals surface area contributed by atoms with Crippen LogP contribution in [0.1, 0.15) is 5.69 Å². The largest absolute Gasteiger partial charge is 0.466 e. The minimum Gasteiger partial charge on any atom is -0.466 e. The number of hydrogen-bond donors (Lipinski definition) is 2. The van der Waals surface area contributed by atoms with Gasteiger partial charge in [0, 0.05) is 12.2 Å². The Morgan fingerprint density at radius 2 is 1.56 bits per heavy atom. The number of esters is 2. The van der Waals surface area contributed by atoms with Crippen molar-refractivity contribution in [2.75, 3.05) is 25.7 Å². The topological polar surface area (TPSA) is 130 Å². The SMILES string of the molecule is C=CC(=O)OC.COC(=O)/C=C/c1cccc(N)n1.Nc1cccc(Br)n1. The van der Waals surface area contributed by atoms with Crippen molar-refractivity contribution in [2.45, 2.75) is 0 Å². The van der Waals surface area contributed by atoms with Crippen LogP contribution in [0, 0.1) is 0 Å². The second-order valence-corrected chi connectivity index (χ2v) is 5.27. The molecule has 2 heterocycles. The lowest BCUT2D eigenvalue weighted by Crippen LogP contribution is -1.94. The molecule has 0 fully saturated rings. The summed E-state index contributed by atoms with van der Waals surface area (Å²) in [5.41, 5.74) is 11.4. The van der Waals surface area contributed by atoms with Crippen LogP contribution in [0.2, 0.25) is 0 Å². The predicted octanol–water partition coefficient (Wildman–Crippen LogP) is 2.62. The molecule has 0 aliphatic heterocycles. The van der Waals surface area contributed by atoms with E-state index in [1.54, 1.807) is 30.3 Å². The van der Waals surface area contributed by atoms with E-state index in [-0.39, 0.29) is 0 Å². The molecule has 0 radical (unpaired) electrons. The van der Waals surface area contributed by atoms with Crippen LogP contribution >= 0.6 is 15.9 Å². The first-order chi connectivity index (χ1) is 12.8. The second-order valence-electron chi connectivity index (χ2n) is 4.46. The van der Waals surface area contributed by atoms with E-state index in [4.69, 9.17) is 11.5 Å². The summed E-state index contributed by atoms with van der Waals surface area (Å²) in [4.78, 5) is 28.4. The monoisotopic (exact) mass is 436 g/mol. The average Bonchev–Trinajstić information content (AvgIpc) is 2.66. The van der Waals surface area contributed by atoms with Crippen LogP contribution in [0.15, 0.2) is 59.7 Å². The summed E-state index contributed by atoms with van der Waals surface area (Å²) in [5.74, 6) is 0.158. The van der Waals surface area contributed by atoms with Gasteiger partial charge in [-0.25, -0.2) is 19.6 Å². The van der Waals surface area contributed by atoms with Gasteiger partial charge in [-0.15, -0.1) is 0 Å². The third-order valence-corrected chi connectivity index (χ3v) is 2.93. The van der Waals surface area contributed by atoms with Gasteiger partial charge in [0.15, 0.2) is 0 Å². The highest BCUT2D eigenvalue weighted by Crippen LogP contribution is 2.06. The summed E-state index contributed by atoms with van der Waals surface area (Å²) >= 11 is 3.17. The van der Waals surface area contributed by atoms with E-state index in [2.05, 4.69) is 42.0 Å². The van der Waals surface area contributed by atoms with Crippen molar-refractivity contribution in [2.24, 2.45) is 0 Å². The second kappa shape index (κ2) is 14.0. The summed E-state index contributed by atoms with van der Waals surface area (Å²) < 4.78 is 9.34. The van der Waals surface area contributed by atoms with Gasteiger partial charge in [-0.2, -0.15) is 0 Å². The van der Waals surface area contributed by atoms with Crippen molar-refractivity contribution in [1.29, 1.82) is 0 Å². The fourth-order valence-corrected chi connectivity index (χ4v) is 1.65. The van der Waals surface area contributed by atoms with Gasteiger partial charge in [-0.05, 0) is 46.3 Å². The number of anilines is 2. The van der Waals surface area contributed by atoms with E-state index < -0.39 is 11.9 Å². The van der Waals surface area contributed by atoms with E-state index in [9.17, 15) is 9.59 Å². The predicted molar refractivity (Wildman–Crippen MR) is 108 cm³/mol. The number of methoxy groups -OCH3 is 2. The number of halogens is 1. The maximum Gasteiger partial charge on any atom is 0.330 e. The molecule has 0 aromatic carbocycles. The fraction of sp³-hybridized carbons (Fsp3) is 0.111. The zero-order valence-electron chi connectivity index (χ0n) is 15.0. The highest BCUT2D eigenvalue weighted by atomic mass is 79.9. The highest BCUT2D eigenvalue weighted by Gasteiger charge is 1.93. The maximum absolute atomic E-state index is 10.7. The van der Waals surface area contributed by atoms with Crippen molar-refractivity contribution in [3.63, 3.8) is 0 Å².